The standard InChI is InChI=1S/C51H82O23/c1-19-8-13-51(65-18-19)20(2)29-42(74-51)34(58)30-24-7-6-22-14-23(9-11-49(22,4)25(24)10-12-50(29,30)5)67-47-44(73-45-38(62)35(59)31(55)21(3)66-45)40(64)41(28(17-54)70-47)71-48-43(37(61)33(57)27(16-53)69-48)72-46-39(63)36(60)32(56)26(15-52)68-46/h6,19-21,23-48,52-64H,7-18H2,1-5H3/t19-,20-,21-,23-,24+,25-,26+,27+,28+,29-,30-,31-,32-,33+,34+,35+,36-,37-,38+,39+,40-,41-,42+,43+,44+,45-,46-,47+,48-,49-,50+,51+/m0/s1. The molecule has 6 aliphatic heterocycles. The number of ether oxygens (including phenoxy) is 10. The molecule has 0 aromatic heterocycles. The molecule has 0 unspecified atom stereocenters. The minimum Gasteiger partial charge on any atom is -0.394 e. The summed E-state index contributed by atoms with van der Waals surface area (Å²) >= 11 is 0. The van der Waals surface area contributed by atoms with E-state index in [0.29, 0.717) is 25.4 Å². The minimum atomic E-state index is -1.97. The van der Waals surface area contributed by atoms with Gasteiger partial charge in [0, 0.05) is 18.3 Å². The van der Waals surface area contributed by atoms with Crippen LogP contribution in [0, 0.1) is 46.3 Å². The third-order valence-corrected chi connectivity index (χ3v) is 19.8. The molecule has 74 heavy (non-hydrogen) atoms. The molecule has 4 aliphatic carbocycles. The Labute approximate surface area is 430 Å². The van der Waals surface area contributed by atoms with E-state index < -0.39 is 161 Å². The fraction of sp³-hybridized carbons (Fsp3) is 0.961. The van der Waals surface area contributed by atoms with Gasteiger partial charge in [0.25, 0.3) is 0 Å². The fourth-order valence-electron chi connectivity index (χ4n) is 15.5. The third-order valence-electron chi connectivity index (χ3n) is 19.8. The molecule has 0 aromatic carbocycles. The molecular formula is C51H82O23. The van der Waals surface area contributed by atoms with Crippen LogP contribution in [0.3, 0.4) is 0 Å². The first-order chi connectivity index (χ1) is 35.1. The van der Waals surface area contributed by atoms with Crippen molar-refractivity contribution < 1.29 is 114 Å². The van der Waals surface area contributed by atoms with Crippen LogP contribution in [0.4, 0.5) is 0 Å². The van der Waals surface area contributed by atoms with Crippen LogP contribution >= 0.6 is 0 Å². The molecule has 9 fully saturated rings. The SMILES string of the molecule is C[C@H]1CC[C@@]2(OC1)O[C@H]1[C@H](O)[C@@H]3[C@@H]4CC=C5C[C@@H](O[C@@H]6O[C@H](CO)[C@H](O[C@@H]7O[C@H](CO)[C@@H](O)[C@H](O)[C@H]7O[C@@H]7O[C@H](CO)[C@H](O)[C@H](O)[C@H]7O)[C@H](O)[C@H]6O[C@@H]6O[C@@H](C)[C@H](O)[C@@H](O)[C@H]6O)CC[C@]5(C)[C@H]4CC[C@]3(C)[C@H]1[C@@H]2C. The van der Waals surface area contributed by atoms with Crippen molar-refractivity contribution in [2.45, 2.75) is 233 Å². The molecule has 6 saturated heterocycles. The van der Waals surface area contributed by atoms with E-state index >= 15 is 0 Å². The highest BCUT2D eigenvalue weighted by atomic mass is 16.8. The van der Waals surface area contributed by atoms with Crippen molar-refractivity contribution in [1.82, 2.24) is 0 Å². The maximum atomic E-state index is 12.4. The van der Waals surface area contributed by atoms with Crippen LogP contribution in [0.2, 0.25) is 0 Å². The summed E-state index contributed by atoms with van der Waals surface area (Å²) in [5.74, 6) is 0.670. The summed E-state index contributed by atoms with van der Waals surface area (Å²) in [6.07, 6.45) is -26.8. The third kappa shape index (κ3) is 9.29. The molecule has 1 spiro atoms. The first kappa shape index (κ1) is 56.1. The van der Waals surface area contributed by atoms with Crippen LogP contribution in [-0.2, 0) is 47.4 Å². The summed E-state index contributed by atoms with van der Waals surface area (Å²) in [7, 11) is 0. The molecule has 424 valence electrons. The van der Waals surface area contributed by atoms with Crippen molar-refractivity contribution in [2.24, 2.45) is 46.3 Å². The van der Waals surface area contributed by atoms with E-state index in [9.17, 15) is 66.4 Å². The number of rotatable bonds is 11. The summed E-state index contributed by atoms with van der Waals surface area (Å²) in [5.41, 5.74) is 0.843. The molecule has 3 saturated carbocycles. The Bertz CT molecular complexity index is 1960. The molecule has 32 atom stereocenters. The van der Waals surface area contributed by atoms with Crippen LogP contribution in [0.1, 0.15) is 86.0 Å². The summed E-state index contributed by atoms with van der Waals surface area (Å²) in [6.45, 7) is 8.74. The van der Waals surface area contributed by atoms with Crippen molar-refractivity contribution in [3.8, 4) is 0 Å². The number of allylic oxidation sites excluding steroid dienone is 1. The number of aliphatic hydroxyl groups is 13. The van der Waals surface area contributed by atoms with E-state index in [1.165, 1.54) is 12.5 Å². The number of hydrogen-bond donors (Lipinski definition) is 13. The van der Waals surface area contributed by atoms with Gasteiger partial charge < -0.3 is 114 Å². The zero-order valence-corrected chi connectivity index (χ0v) is 42.7. The van der Waals surface area contributed by atoms with Gasteiger partial charge in [-0.05, 0) is 86.4 Å². The van der Waals surface area contributed by atoms with Gasteiger partial charge in [-0.1, -0.05) is 39.3 Å². The van der Waals surface area contributed by atoms with Gasteiger partial charge in [0.1, 0.15) is 91.6 Å². The van der Waals surface area contributed by atoms with Crippen LogP contribution < -0.4 is 0 Å². The van der Waals surface area contributed by atoms with Gasteiger partial charge >= 0.3 is 0 Å². The zero-order chi connectivity index (χ0) is 53.1. The number of hydrogen-bond acceptors (Lipinski definition) is 23. The quantitative estimate of drug-likeness (QED) is 0.0918. The normalized spacial score (nSPS) is 57.5. The van der Waals surface area contributed by atoms with Crippen LogP contribution in [-0.4, -0.2) is 240 Å². The van der Waals surface area contributed by atoms with Crippen LogP contribution in [0.15, 0.2) is 11.6 Å². The number of fused-ring (bicyclic) bond motifs is 7. The highest BCUT2D eigenvalue weighted by molar-refractivity contribution is 5.27. The predicted molar refractivity (Wildman–Crippen MR) is 248 cm³/mol. The van der Waals surface area contributed by atoms with Gasteiger partial charge in [-0.25, -0.2) is 0 Å². The summed E-state index contributed by atoms with van der Waals surface area (Å²) in [6, 6.07) is 0. The van der Waals surface area contributed by atoms with Gasteiger partial charge in [0.15, 0.2) is 30.9 Å². The lowest BCUT2D eigenvalue weighted by molar-refractivity contribution is -0.401. The van der Waals surface area contributed by atoms with Gasteiger partial charge in [0.05, 0.1) is 50.8 Å². The highest BCUT2D eigenvalue weighted by Crippen LogP contribution is 2.71. The lowest BCUT2D eigenvalue weighted by Crippen LogP contribution is -2.68. The Morgan fingerprint density at radius 3 is 1.78 bits per heavy atom. The van der Waals surface area contributed by atoms with E-state index in [0.717, 1.165) is 38.5 Å². The molecule has 10 rings (SSSR count). The van der Waals surface area contributed by atoms with E-state index in [-0.39, 0.29) is 46.5 Å². The van der Waals surface area contributed by atoms with Crippen molar-refractivity contribution in [2.75, 3.05) is 26.4 Å². The van der Waals surface area contributed by atoms with Gasteiger partial charge in [0.2, 0.25) is 0 Å². The topological polar surface area (TPSA) is 355 Å². The van der Waals surface area contributed by atoms with E-state index in [1.54, 1.807) is 0 Å². The van der Waals surface area contributed by atoms with E-state index in [4.69, 9.17) is 47.4 Å². The summed E-state index contributed by atoms with van der Waals surface area (Å²) in [4.78, 5) is 0. The Hall–Kier alpha value is -1.18. The second kappa shape index (κ2) is 21.4. The first-order valence-corrected chi connectivity index (χ1v) is 27.0. The summed E-state index contributed by atoms with van der Waals surface area (Å²) < 4.78 is 61.9. The average molecular weight is 1060 g/mol. The van der Waals surface area contributed by atoms with Crippen molar-refractivity contribution in [1.29, 1.82) is 0 Å². The number of aliphatic hydroxyl groups excluding tert-OH is 13. The maximum absolute atomic E-state index is 12.4. The predicted octanol–water partition coefficient (Wildman–Crippen LogP) is -2.99. The lowest BCUT2D eigenvalue weighted by atomic mass is 9.46. The molecule has 13 N–H and O–H groups in total. The molecule has 6 heterocycles. The molecule has 23 heteroatoms. The smallest absolute Gasteiger partial charge is 0.187 e. The molecule has 0 radical (unpaired) electrons. The molecule has 0 aromatic rings. The van der Waals surface area contributed by atoms with Gasteiger partial charge in [-0.15, -0.1) is 0 Å². The Kier molecular flexibility index (Phi) is 16.2. The largest absolute Gasteiger partial charge is 0.394 e. The molecule has 10 aliphatic rings. The molecule has 0 bridgehead atoms. The Balaban J connectivity index is 0.880. The molecule has 0 amide bonds. The zero-order valence-electron chi connectivity index (χ0n) is 42.7. The second-order valence-corrected chi connectivity index (χ2v) is 24.0. The second-order valence-electron chi connectivity index (χ2n) is 24.0. The monoisotopic (exact) mass is 1060 g/mol. The van der Waals surface area contributed by atoms with E-state index in [2.05, 4.69) is 33.8 Å². The minimum absolute atomic E-state index is 0.0407. The highest BCUT2D eigenvalue weighted by Gasteiger charge is 2.72. The van der Waals surface area contributed by atoms with Crippen molar-refractivity contribution in [3.05, 3.63) is 11.6 Å². The molecule has 23 nitrogen and oxygen atoms in total. The van der Waals surface area contributed by atoms with Crippen molar-refractivity contribution in [3.63, 3.8) is 0 Å². The van der Waals surface area contributed by atoms with E-state index in [1.807, 2.05) is 0 Å². The lowest BCUT2D eigenvalue weighted by Gasteiger charge is -2.59. The molecular weight excluding hydrogens is 981 g/mol. The average Bonchev–Trinajstić information content (AvgIpc) is 3.80. The van der Waals surface area contributed by atoms with Crippen molar-refractivity contribution >= 4 is 0 Å². The Morgan fingerprint density at radius 1 is 0.554 bits per heavy atom. The maximum Gasteiger partial charge on any atom is 0.187 e. The van der Waals surface area contributed by atoms with Crippen LogP contribution in [0.5, 0.6) is 0 Å². The summed E-state index contributed by atoms with van der Waals surface area (Å²) in [5, 5.41) is 142. The fourth-order valence-corrected chi connectivity index (χ4v) is 15.5. The Morgan fingerprint density at radius 2 is 1.14 bits per heavy atom. The first-order valence-electron chi connectivity index (χ1n) is 27.0. The van der Waals surface area contributed by atoms with Gasteiger partial charge in [-0.2, -0.15) is 0 Å². The van der Waals surface area contributed by atoms with Crippen LogP contribution in [0.25, 0.3) is 0 Å². The van der Waals surface area contributed by atoms with Gasteiger partial charge in [-0.3, -0.25) is 0 Å².